The van der Waals surface area contributed by atoms with Crippen molar-refractivity contribution in [1.82, 2.24) is 0 Å². The van der Waals surface area contributed by atoms with Crippen LogP contribution in [0.15, 0.2) is 82.0 Å². The molecule has 1 aliphatic rings. The number of carbonyl (C=O) groups excluding carboxylic acids is 2. The molecule has 34 heavy (non-hydrogen) atoms. The molecule has 6 nitrogen and oxygen atoms in total. The predicted octanol–water partition coefficient (Wildman–Crippen LogP) is 4.90. The summed E-state index contributed by atoms with van der Waals surface area (Å²) in [7, 11) is 0. The number of nitrogens with zero attached hydrogens (tertiary/aromatic N) is 1. The Labute approximate surface area is 196 Å². The van der Waals surface area contributed by atoms with E-state index in [9.17, 15) is 14.4 Å². The first-order valence-corrected chi connectivity index (χ1v) is 11.2. The summed E-state index contributed by atoms with van der Waals surface area (Å²) in [5.41, 5.74) is 3.16. The lowest BCUT2D eigenvalue weighted by Crippen LogP contribution is -2.39. The minimum Gasteiger partial charge on any atom is -0.455 e. The van der Waals surface area contributed by atoms with Crippen LogP contribution < -0.4 is 10.3 Å². The molecule has 0 fully saturated rings. The first kappa shape index (κ1) is 21.6. The Balaban J connectivity index is 1.47. The minimum absolute atomic E-state index is 0.105. The lowest BCUT2D eigenvalue weighted by molar-refractivity contribution is -0.126. The number of rotatable bonds is 4. The third-order valence-electron chi connectivity index (χ3n) is 6.19. The van der Waals surface area contributed by atoms with Gasteiger partial charge in [0.1, 0.15) is 11.3 Å². The van der Waals surface area contributed by atoms with E-state index in [1.807, 2.05) is 54.6 Å². The Morgan fingerprint density at radius 2 is 1.71 bits per heavy atom. The number of carbonyl (C=O) groups is 2. The molecule has 1 unspecified atom stereocenters. The van der Waals surface area contributed by atoms with Gasteiger partial charge in [0, 0.05) is 23.4 Å². The number of amides is 1. The molecule has 1 atom stereocenters. The summed E-state index contributed by atoms with van der Waals surface area (Å²) in [6, 6.07) is 21.7. The molecule has 5 rings (SSSR count). The van der Waals surface area contributed by atoms with E-state index >= 15 is 0 Å². The fourth-order valence-electron chi connectivity index (χ4n) is 4.40. The lowest BCUT2D eigenvalue weighted by Gasteiger charge is -2.22. The zero-order valence-corrected chi connectivity index (χ0v) is 18.9. The average Bonchev–Trinajstić information content (AvgIpc) is 3.30. The van der Waals surface area contributed by atoms with Crippen LogP contribution in [0.2, 0.25) is 0 Å². The van der Waals surface area contributed by atoms with Crippen molar-refractivity contribution in [3.8, 4) is 11.3 Å². The molecule has 0 spiro atoms. The van der Waals surface area contributed by atoms with E-state index in [1.54, 1.807) is 36.9 Å². The highest BCUT2D eigenvalue weighted by Gasteiger charge is 2.30. The van der Waals surface area contributed by atoms with Crippen molar-refractivity contribution in [3.63, 3.8) is 0 Å². The summed E-state index contributed by atoms with van der Waals surface area (Å²) in [4.78, 5) is 40.9. The van der Waals surface area contributed by atoms with Crippen LogP contribution in [0.25, 0.3) is 22.3 Å². The topological polar surface area (TPSA) is 76.8 Å². The lowest BCUT2D eigenvalue weighted by atomic mass is 10.0. The summed E-state index contributed by atoms with van der Waals surface area (Å²) in [6.07, 6.45) is -0.238. The molecular weight excluding hydrogens is 430 g/mol. The summed E-state index contributed by atoms with van der Waals surface area (Å²) in [6.45, 7) is 3.80. The second kappa shape index (κ2) is 8.63. The van der Waals surface area contributed by atoms with E-state index in [2.05, 4.69) is 0 Å². The van der Waals surface area contributed by atoms with Crippen LogP contribution in [-0.2, 0) is 16.0 Å². The van der Waals surface area contributed by atoms with Gasteiger partial charge in [-0.3, -0.25) is 9.59 Å². The van der Waals surface area contributed by atoms with Crippen LogP contribution in [0.5, 0.6) is 0 Å². The van der Waals surface area contributed by atoms with Gasteiger partial charge in [-0.25, -0.2) is 4.79 Å². The summed E-state index contributed by atoms with van der Waals surface area (Å²) < 4.78 is 11.7. The van der Waals surface area contributed by atoms with Gasteiger partial charge in [-0.1, -0.05) is 54.6 Å². The normalized spacial score (nSPS) is 13.5. The Hall–Kier alpha value is -4.19. The van der Waals surface area contributed by atoms with Crippen LogP contribution >= 0.6 is 0 Å². The SMILES string of the molecule is Cc1c(-c2ccccc2)oc2c(C(=O)OC(C)C(=O)N3CCc4ccccc43)cccc2c1=O. The quantitative estimate of drug-likeness (QED) is 0.411. The number of fused-ring (bicyclic) bond motifs is 2. The summed E-state index contributed by atoms with van der Waals surface area (Å²) in [5.74, 6) is -0.609. The number of anilines is 1. The monoisotopic (exact) mass is 453 g/mol. The van der Waals surface area contributed by atoms with Crippen molar-refractivity contribution in [2.75, 3.05) is 11.4 Å². The van der Waals surface area contributed by atoms with Crippen molar-refractivity contribution in [3.05, 3.63) is 99.7 Å². The fraction of sp³-hybridized carbons (Fsp3) is 0.179. The van der Waals surface area contributed by atoms with E-state index in [0.29, 0.717) is 23.3 Å². The van der Waals surface area contributed by atoms with E-state index in [1.165, 1.54) is 0 Å². The highest BCUT2D eigenvalue weighted by molar-refractivity contribution is 6.04. The van der Waals surface area contributed by atoms with Crippen molar-refractivity contribution in [2.45, 2.75) is 26.4 Å². The summed E-state index contributed by atoms with van der Waals surface area (Å²) in [5, 5.41) is 0.291. The largest absolute Gasteiger partial charge is 0.455 e. The van der Waals surface area contributed by atoms with Crippen molar-refractivity contribution >= 4 is 28.5 Å². The van der Waals surface area contributed by atoms with Crippen LogP contribution in [0, 0.1) is 6.92 Å². The first-order chi connectivity index (χ1) is 16.5. The predicted molar refractivity (Wildman–Crippen MR) is 130 cm³/mol. The van der Waals surface area contributed by atoms with Crippen molar-refractivity contribution < 1.29 is 18.7 Å². The Bertz CT molecular complexity index is 1470. The maximum absolute atomic E-state index is 13.1. The molecule has 0 N–H and O–H groups in total. The molecule has 0 aliphatic carbocycles. The van der Waals surface area contributed by atoms with E-state index in [4.69, 9.17) is 9.15 Å². The average molecular weight is 453 g/mol. The second-order valence-corrected chi connectivity index (χ2v) is 8.35. The summed E-state index contributed by atoms with van der Waals surface area (Å²) >= 11 is 0. The number of ether oxygens (including phenoxy) is 1. The second-order valence-electron chi connectivity index (χ2n) is 8.35. The molecular formula is C28H23NO5. The van der Waals surface area contributed by atoms with Gasteiger partial charge < -0.3 is 14.1 Å². The van der Waals surface area contributed by atoms with Crippen molar-refractivity contribution in [2.24, 2.45) is 0 Å². The maximum Gasteiger partial charge on any atom is 0.342 e. The van der Waals surface area contributed by atoms with Gasteiger partial charge in [-0.2, -0.15) is 0 Å². The Morgan fingerprint density at radius 3 is 2.50 bits per heavy atom. The molecule has 2 heterocycles. The van der Waals surface area contributed by atoms with E-state index in [0.717, 1.165) is 23.2 Å². The zero-order chi connectivity index (χ0) is 23.8. The molecule has 4 aromatic rings. The minimum atomic E-state index is -1.00. The van der Waals surface area contributed by atoms with Gasteiger partial charge in [0.05, 0.1) is 5.39 Å². The first-order valence-electron chi connectivity index (χ1n) is 11.2. The third-order valence-corrected chi connectivity index (χ3v) is 6.19. The zero-order valence-electron chi connectivity index (χ0n) is 18.9. The number of para-hydroxylation sites is 2. The van der Waals surface area contributed by atoms with Gasteiger partial charge in [-0.05, 0) is 44.0 Å². The fourth-order valence-corrected chi connectivity index (χ4v) is 4.40. The number of esters is 1. The van der Waals surface area contributed by atoms with E-state index < -0.39 is 12.1 Å². The highest BCUT2D eigenvalue weighted by atomic mass is 16.5. The van der Waals surface area contributed by atoms with Crippen molar-refractivity contribution in [1.29, 1.82) is 0 Å². The number of hydrogen-bond donors (Lipinski definition) is 0. The molecule has 0 saturated carbocycles. The van der Waals surface area contributed by atoms with Crippen LogP contribution in [-0.4, -0.2) is 24.5 Å². The molecule has 0 bridgehead atoms. The third kappa shape index (κ3) is 3.67. The standard InChI is InChI=1S/C28H23NO5/c1-17-24(30)21-12-8-13-22(26(21)34-25(17)20-10-4-3-5-11-20)28(32)33-18(2)27(31)29-16-15-19-9-6-7-14-23(19)29/h3-14,18H,15-16H2,1-2H3. The van der Waals surface area contributed by atoms with Gasteiger partial charge in [-0.15, -0.1) is 0 Å². The van der Waals surface area contributed by atoms with Gasteiger partial charge in [0.2, 0.25) is 0 Å². The molecule has 6 heteroatoms. The van der Waals surface area contributed by atoms with Crippen LogP contribution in [0.3, 0.4) is 0 Å². The maximum atomic E-state index is 13.1. The van der Waals surface area contributed by atoms with Gasteiger partial charge >= 0.3 is 5.97 Å². The van der Waals surface area contributed by atoms with Gasteiger partial charge in [0.25, 0.3) is 5.91 Å². The Kier molecular flexibility index (Phi) is 5.49. The molecule has 1 amide bonds. The Morgan fingerprint density at radius 1 is 0.971 bits per heavy atom. The highest BCUT2D eigenvalue weighted by Crippen LogP contribution is 2.30. The molecule has 3 aromatic carbocycles. The molecule has 1 aliphatic heterocycles. The van der Waals surface area contributed by atoms with Crippen LogP contribution in [0.1, 0.15) is 28.4 Å². The molecule has 170 valence electrons. The molecule has 0 radical (unpaired) electrons. The number of hydrogen-bond acceptors (Lipinski definition) is 5. The smallest absolute Gasteiger partial charge is 0.342 e. The van der Waals surface area contributed by atoms with Gasteiger partial charge in [0.15, 0.2) is 17.1 Å². The molecule has 1 aromatic heterocycles. The molecule has 0 saturated heterocycles. The number of benzene rings is 3. The van der Waals surface area contributed by atoms with Crippen LogP contribution in [0.4, 0.5) is 5.69 Å². The van der Waals surface area contributed by atoms with E-state index in [-0.39, 0.29) is 22.5 Å².